The zero-order valence-corrected chi connectivity index (χ0v) is 9.87. The summed E-state index contributed by atoms with van der Waals surface area (Å²) in [6, 6.07) is 8.90. The quantitative estimate of drug-likeness (QED) is 0.856. The highest BCUT2D eigenvalue weighted by Gasteiger charge is 2.17. The molecule has 0 saturated carbocycles. The Balaban J connectivity index is 2.50. The minimum atomic E-state index is -0.837. The summed E-state index contributed by atoms with van der Waals surface area (Å²) in [5.74, 6) is -0.951. The lowest BCUT2D eigenvalue weighted by atomic mass is 10.1. The lowest BCUT2D eigenvalue weighted by Gasteiger charge is -2.07. The van der Waals surface area contributed by atoms with Crippen molar-refractivity contribution in [3.8, 4) is 0 Å². The van der Waals surface area contributed by atoms with Gasteiger partial charge in [0.15, 0.2) is 0 Å². The SMILES string of the molecule is CCC(CSC(=O)c1ccccc1)C(=O)O. The van der Waals surface area contributed by atoms with Gasteiger partial charge in [0.05, 0.1) is 5.92 Å². The van der Waals surface area contributed by atoms with Crippen LogP contribution in [0.25, 0.3) is 0 Å². The highest BCUT2D eigenvalue weighted by molar-refractivity contribution is 8.14. The Morgan fingerprint density at radius 3 is 2.44 bits per heavy atom. The molecule has 1 aromatic rings. The molecular weight excluding hydrogens is 224 g/mol. The molecule has 0 aliphatic carbocycles. The van der Waals surface area contributed by atoms with Gasteiger partial charge in [-0.3, -0.25) is 9.59 Å². The Kier molecular flexibility index (Phi) is 5.05. The number of benzene rings is 1. The van der Waals surface area contributed by atoms with Crippen molar-refractivity contribution in [2.24, 2.45) is 5.92 Å². The molecule has 1 unspecified atom stereocenters. The minimum Gasteiger partial charge on any atom is -0.481 e. The summed E-state index contributed by atoms with van der Waals surface area (Å²) >= 11 is 1.07. The number of rotatable bonds is 5. The average molecular weight is 238 g/mol. The van der Waals surface area contributed by atoms with Crippen molar-refractivity contribution < 1.29 is 14.7 Å². The fraction of sp³-hybridized carbons (Fsp3) is 0.333. The second-order valence-electron chi connectivity index (χ2n) is 3.41. The second-order valence-corrected chi connectivity index (χ2v) is 4.40. The summed E-state index contributed by atoms with van der Waals surface area (Å²) in [7, 11) is 0. The van der Waals surface area contributed by atoms with Crippen molar-refractivity contribution >= 4 is 22.8 Å². The number of hydrogen-bond acceptors (Lipinski definition) is 3. The second kappa shape index (κ2) is 6.33. The Morgan fingerprint density at radius 1 is 1.31 bits per heavy atom. The van der Waals surface area contributed by atoms with Crippen LogP contribution in [0.2, 0.25) is 0 Å². The van der Waals surface area contributed by atoms with Crippen LogP contribution in [0.15, 0.2) is 30.3 Å². The molecule has 0 aliphatic rings. The highest BCUT2D eigenvalue weighted by Crippen LogP contribution is 2.17. The van der Waals surface area contributed by atoms with Gasteiger partial charge in [-0.1, -0.05) is 49.0 Å². The lowest BCUT2D eigenvalue weighted by molar-refractivity contribution is -0.140. The third-order valence-corrected chi connectivity index (χ3v) is 3.33. The Morgan fingerprint density at radius 2 is 1.94 bits per heavy atom. The summed E-state index contributed by atoms with van der Waals surface area (Å²) in [5, 5.41) is 8.76. The van der Waals surface area contributed by atoms with Crippen LogP contribution in [0.5, 0.6) is 0 Å². The first kappa shape index (κ1) is 12.8. The van der Waals surface area contributed by atoms with Crippen LogP contribution in [0.4, 0.5) is 0 Å². The van der Waals surface area contributed by atoms with Crippen LogP contribution in [-0.2, 0) is 4.79 Å². The minimum absolute atomic E-state index is 0.0692. The maximum Gasteiger partial charge on any atom is 0.307 e. The molecule has 1 aromatic carbocycles. The third-order valence-electron chi connectivity index (χ3n) is 2.27. The molecule has 86 valence electrons. The maximum atomic E-state index is 11.7. The van der Waals surface area contributed by atoms with Crippen LogP contribution in [0, 0.1) is 5.92 Å². The number of carboxylic acids is 1. The van der Waals surface area contributed by atoms with Crippen molar-refractivity contribution in [2.75, 3.05) is 5.75 Å². The van der Waals surface area contributed by atoms with Crippen LogP contribution in [0.1, 0.15) is 23.7 Å². The lowest BCUT2D eigenvalue weighted by Crippen LogP contribution is -2.16. The van der Waals surface area contributed by atoms with Crippen LogP contribution < -0.4 is 0 Å². The van der Waals surface area contributed by atoms with Gasteiger partial charge < -0.3 is 5.11 Å². The van der Waals surface area contributed by atoms with Gasteiger partial charge in [0.1, 0.15) is 0 Å². The Bertz CT molecular complexity index is 362. The molecule has 1 atom stereocenters. The molecule has 0 aromatic heterocycles. The van der Waals surface area contributed by atoms with Gasteiger partial charge in [-0.25, -0.2) is 0 Å². The van der Waals surface area contributed by atoms with Gasteiger partial charge >= 0.3 is 5.97 Å². The van der Waals surface area contributed by atoms with E-state index in [1.165, 1.54) is 0 Å². The smallest absolute Gasteiger partial charge is 0.307 e. The fourth-order valence-corrected chi connectivity index (χ4v) is 2.23. The molecule has 1 rings (SSSR count). The first-order valence-corrected chi connectivity index (χ1v) is 6.08. The summed E-state index contributed by atoms with van der Waals surface area (Å²) in [6.07, 6.45) is 0.546. The van der Waals surface area contributed by atoms with E-state index in [-0.39, 0.29) is 5.12 Å². The third kappa shape index (κ3) is 3.70. The first-order valence-electron chi connectivity index (χ1n) is 5.10. The molecule has 0 fully saturated rings. The molecule has 3 nitrogen and oxygen atoms in total. The molecule has 0 spiro atoms. The molecule has 0 amide bonds. The Hall–Kier alpha value is -1.29. The number of carbonyl (C=O) groups is 2. The van der Waals surface area contributed by atoms with Gasteiger partial charge in [0.2, 0.25) is 5.12 Å². The maximum absolute atomic E-state index is 11.7. The van der Waals surface area contributed by atoms with Crippen molar-refractivity contribution in [1.82, 2.24) is 0 Å². The van der Waals surface area contributed by atoms with E-state index in [4.69, 9.17) is 5.11 Å². The van der Waals surface area contributed by atoms with Crippen molar-refractivity contribution in [2.45, 2.75) is 13.3 Å². The standard InChI is InChI=1S/C12H14O3S/c1-2-9(11(13)14)8-16-12(15)10-6-4-3-5-7-10/h3-7,9H,2,8H2,1H3,(H,13,14). The number of hydrogen-bond donors (Lipinski definition) is 1. The number of carbonyl (C=O) groups excluding carboxylic acids is 1. The zero-order chi connectivity index (χ0) is 12.0. The fourth-order valence-electron chi connectivity index (χ4n) is 1.20. The van der Waals surface area contributed by atoms with E-state index < -0.39 is 11.9 Å². The topological polar surface area (TPSA) is 54.4 Å². The van der Waals surface area contributed by atoms with E-state index in [2.05, 4.69) is 0 Å². The molecule has 0 radical (unpaired) electrons. The molecular formula is C12H14O3S. The highest BCUT2D eigenvalue weighted by atomic mass is 32.2. The van der Waals surface area contributed by atoms with Crippen molar-refractivity contribution in [1.29, 1.82) is 0 Å². The van der Waals surface area contributed by atoms with Gasteiger partial charge in [-0.05, 0) is 6.42 Å². The van der Waals surface area contributed by atoms with Gasteiger partial charge in [0.25, 0.3) is 0 Å². The molecule has 0 heterocycles. The summed E-state index contributed by atoms with van der Waals surface area (Å²) < 4.78 is 0. The van der Waals surface area contributed by atoms with E-state index in [1.807, 2.05) is 13.0 Å². The monoisotopic (exact) mass is 238 g/mol. The van der Waals surface area contributed by atoms with Crippen LogP contribution >= 0.6 is 11.8 Å². The van der Waals surface area contributed by atoms with Crippen LogP contribution in [-0.4, -0.2) is 21.9 Å². The van der Waals surface area contributed by atoms with Gasteiger partial charge in [-0.15, -0.1) is 0 Å². The van der Waals surface area contributed by atoms with Crippen molar-refractivity contribution in [3.63, 3.8) is 0 Å². The normalized spacial score (nSPS) is 12.1. The van der Waals surface area contributed by atoms with Gasteiger partial charge in [-0.2, -0.15) is 0 Å². The largest absolute Gasteiger partial charge is 0.481 e. The van der Waals surface area contributed by atoms with E-state index in [1.54, 1.807) is 24.3 Å². The first-order chi connectivity index (χ1) is 7.65. The predicted octanol–water partition coefficient (Wildman–Crippen LogP) is 2.67. The number of thioether (sulfide) groups is 1. The average Bonchev–Trinajstić information content (AvgIpc) is 2.30. The number of aliphatic carboxylic acids is 1. The Labute approximate surface area is 98.9 Å². The molecule has 0 aliphatic heterocycles. The van der Waals surface area contributed by atoms with E-state index in [0.717, 1.165) is 11.8 Å². The predicted molar refractivity (Wildman–Crippen MR) is 64.6 cm³/mol. The van der Waals surface area contributed by atoms with Gasteiger partial charge in [0, 0.05) is 11.3 Å². The summed E-state index contributed by atoms with van der Waals surface area (Å²) in [5.41, 5.74) is 0.618. The number of carboxylic acid groups (broad SMARTS) is 1. The molecule has 4 heteroatoms. The van der Waals surface area contributed by atoms with Crippen molar-refractivity contribution in [3.05, 3.63) is 35.9 Å². The molecule has 0 saturated heterocycles. The van der Waals surface area contributed by atoms with Crippen LogP contribution in [0.3, 0.4) is 0 Å². The molecule has 1 N–H and O–H groups in total. The summed E-state index contributed by atoms with van der Waals surface area (Å²) in [6.45, 7) is 1.81. The zero-order valence-electron chi connectivity index (χ0n) is 9.05. The molecule has 16 heavy (non-hydrogen) atoms. The van der Waals surface area contributed by atoms with E-state index in [9.17, 15) is 9.59 Å². The molecule has 0 bridgehead atoms. The van der Waals surface area contributed by atoms with E-state index >= 15 is 0 Å². The summed E-state index contributed by atoms with van der Waals surface area (Å²) in [4.78, 5) is 22.4. The van der Waals surface area contributed by atoms with E-state index in [0.29, 0.717) is 17.7 Å².